The maximum absolute atomic E-state index is 13.3. The zero-order valence-electron chi connectivity index (χ0n) is 17.2. The summed E-state index contributed by atoms with van der Waals surface area (Å²) < 4.78 is 39.6. The molecule has 2 aromatic rings. The second-order valence-corrected chi connectivity index (χ2v) is 7.88. The van der Waals surface area contributed by atoms with Crippen molar-refractivity contribution < 1.29 is 27.6 Å². The van der Waals surface area contributed by atoms with Crippen LogP contribution >= 0.6 is 0 Å². The van der Waals surface area contributed by atoms with E-state index in [2.05, 4.69) is 5.32 Å². The van der Waals surface area contributed by atoms with Crippen molar-refractivity contribution in [3.8, 4) is 0 Å². The Morgan fingerprint density at radius 1 is 1.03 bits per heavy atom. The van der Waals surface area contributed by atoms with E-state index in [1.54, 1.807) is 29.2 Å². The van der Waals surface area contributed by atoms with Crippen molar-refractivity contribution in [2.75, 3.05) is 18.0 Å². The summed E-state index contributed by atoms with van der Waals surface area (Å²) in [6.45, 7) is -0.244. The van der Waals surface area contributed by atoms with E-state index in [-0.39, 0.29) is 30.5 Å². The van der Waals surface area contributed by atoms with Crippen LogP contribution in [0, 0.1) is 0 Å². The van der Waals surface area contributed by atoms with Crippen molar-refractivity contribution in [1.29, 1.82) is 0 Å². The molecule has 1 fully saturated rings. The lowest BCUT2D eigenvalue weighted by atomic mass is 10.0. The van der Waals surface area contributed by atoms with E-state index in [9.17, 15) is 27.6 Å². The van der Waals surface area contributed by atoms with Crippen molar-refractivity contribution in [1.82, 2.24) is 10.2 Å². The van der Waals surface area contributed by atoms with Crippen molar-refractivity contribution in [3.63, 3.8) is 0 Å². The summed E-state index contributed by atoms with van der Waals surface area (Å²) in [6.07, 6.45) is -2.43. The first-order valence-electron chi connectivity index (χ1n) is 10.4. The summed E-state index contributed by atoms with van der Waals surface area (Å²) in [4.78, 5) is 41.8. The molecule has 2 heterocycles. The number of nitrogens with one attached hydrogen (secondary N) is 1. The molecule has 0 bridgehead atoms. The third kappa shape index (κ3) is 4.19. The first kappa shape index (κ1) is 21.9. The van der Waals surface area contributed by atoms with Gasteiger partial charge in [0.15, 0.2) is 0 Å². The smallest absolute Gasteiger partial charge is 0.350 e. The highest BCUT2D eigenvalue weighted by molar-refractivity contribution is 6.12. The van der Waals surface area contributed by atoms with Crippen molar-refractivity contribution >= 4 is 23.4 Å². The number of amides is 3. The number of fused-ring (bicyclic) bond motifs is 2. The number of halogens is 3. The van der Waals surface area contributed by atoms with Gasteiger partial charge in [-0.05, 0) is 43.0 Å². The van der Waals surface area contributed by atoms with Crippen LogP contribution in [-0.2, 0) is 22.3 Å². The van der Waals surface area contributed by atoms with Gasteiger partial charge in [-0.15, -0.1) is 0 Å². The molecule has 1 saturated heterocycles. The number of rotatable bonds is 4. The number of carbonyl (C=O) groups excluding carboxylic acids is 3. The highest BCUT2D eigenvalue weighted by atomic mass is 19.4. The van der Waals surface area contributed by atoms with Gasteiger partial charge in [0.1, 0.15) is 12.6 Å². The van der Waals surface area contributed by atoms with Gasteiger partial charge in [0.2, 0.25) is 11.8 Å². The number of para-hydroxylation sites is 1. The van der Waals surface area contributed by atoms with Crippen LogP contribution in [0.5, 0.6) is 0 Å². The zero-order chi connectivity index (χ0) is 22.9. The summed E-state index contributed by atoms with van der Waals surface area (Å²) in [5, 5.41) is 2.48. The van der Waals surface area contributed by atoms with Crippen LogP contribution in [0.15, 0.2) is 48.5 Å². The number of piperidine rings is 1. The Labute approximate surface area is 183 Å². The van der Waals surface area contributed by atoms with E-state index in [0.717, 1.165) is 18.9 Å². The minimum absolute atomic E-state index is 0.0652. The quantitative estimate of drug-likeness (QED) is 0.785. The predicted molar refractivity (Wildman–Crippen MR) is 111 cm³/mol. The first-order chi connectivity index (χ1) is 15.3. The Morgan fingerprint density at radius 2 is 1.75 bits per heavy atom. The molecule has 9 heteroatoms. The normalized spacial score (nSPS) is 18.7. The first-order valence-corrected chi connectivity index (χ1v) is 10.4. The molecule has 1 N–H and O–H groups in total. The highest BCUT2D eigenvalue weighted by Crippen LogP contribution is 2.33. The minimum Gasteiger partial charge on any atom is -0.350 e. The molecule has 3 amide bonds. The molecule has 6 nitrogen and oxygen atoms in total. The van der Waals surface area contributed by atoms with E-state index in [1.807, 2.05) is 0 Å². The van der Waals surface area contributed by atoms with Crippen LogP contribution in [0.3, 0.4) is 0 Å². The molecule has 168 valence electrons. The lowest BCUT2D eigenvalue weighted by Gasteiger charge is -2.34. The monoisotopic (exact) mass is 445 g/mol. The number of nitrogens with zero attached hydrogens (tertiary/aromatic N) is 2. The van der Waals surface area contributed by atoms with Crippen molar-refractivity contribution in [2.24, 2.45) is 0 Å². The summed E-state index contributed by atoms with van der Waals surface area (Å²) in [6, 6.07) is 11.0. The number of alkyl halides is 3. The second-order valence-electron chi connectivity index (χ2n) is 7.88. The Hall–Kier alpha value is -3.36. The standard InChI is InChI=1S/C23H22F3N3O3/c24-23(25,26)17-9-3-1-7-15(17)13-27-20(30)14-29-18-10-4-2-8-16(18)21(31)28-12-6-5-11-19(28)22(29)32/h1-4,7-10,19H,5-6,11-14H2,(H,27,30). The molecule has 0 aromatic heterocycles. The highest BCUT2D eigenvalue weighted by Gasteiger charge is 2.41. The van der Waals surface area contributed by atoms with Gasteiger partial charge in [0.05, 0.1) is 16.8 Å². The maximum atomic E-state index is 13.3. The van der Waals surface area contributed by atoms with Crippen LogP contribution in [0.4, 0.5) is 18.9 Å². The van der Waals surface area contributed by atoms with Gasteiger partial charge in [-0.25, -0.2) is 0 Å². The Bertz CT molecular complexity index is 1050. The summed E-state index contributed by atoms with van der Waals surface area (Å²) in [7, 11) is 0. The van der Waals surface area contributed by atoms with Crippen molar-refractivity contribution in [2.45, 2.75) is 38.0 Å². The van der Waals surface area contributed by atoms with Crippen LogP contribution < -0.4 is 10.2 Å². The van der Waals surface area contributed by atoms with Gasteiger partial charge in [-0.2, -0.15) is 13.2 Å². The largest absolute Gasteiger partial charge is 0.416 e. The average Bonchev–Trinajstić information content (AvgIpc) is 2.87. The third-order valence-electron chi connectivity index (χ3n) is 5.84. The molecule has 0 radical (unpaired) electrons. The number of benzene rings is 2. The van der Waals surface area contributed by atoms with Crippen LogP contribution in [-0.4, -0.2) is 41.8 Å². The van der Waals surface area contributed by atoms with Crippen molar-refractivity contribution in [3.05, 3.63) is 65.2 Å². The van der Waals surface area contributed by atoms with E-state index in [1.165, 1.54) is 23.1 Å². The molecule has 2 aliphatic heterocycles. The lowest BCUT2D eigenvalue weighted by molar-refractivity contribution is -0.138. The van der Waals surface area contributed by atoms with Crippen LogP contribution in [0.2, 0.25) is 0 Å². The number of anilines is 1. The van der Waals surface area contributed by atoms with Gasteiger partial charge in [-0.3, -0.25) is 14.4 Å². The van der Waals surface area contributed by atoms with E-state index in [0.29, 0.717) is 24.2 Å². The van der Waals surface area contributed by atoms with Gasteiger partial charge in [-0.1, -0.05) is 30.3 Å². The molecular formula is C23H22F3N3O3. The van der Waals surface area contributed by atoms with E-state index in [4.69, 9.17) is 0 Å². The zero-order valence-corrected chi connectivity index (χ0v) is 17.2. The molecular weight excluding hydrogens is 423 g/mol. The molecule has 2 aliphatic rings. The summed E-state index contributed by atoms with van der Waals surface area (Å²) >= 11 is 0. The van der Waals surface area contributed by atoms with E-state index < -0.39 is 23.7 Å². The Morgan fingerprint density at radius 3 is 2.53 bits per heavy atom. The number of hydrogen-bond acceptors (Lipinski definition) is 3. The van der Waals surface area contributed by atoms with Gasteiger partial charge in [0, 0.05) is 13.1 Å². The van der Waals surface area contributed by atoms with Gasteiger partial charge in [0.25, 0.3) is 5.91 Å². The summed E-state index contributed by atoms with van der Waals surface area (Å²) in [5.74, 6) is -1.21. The molecule has 2 aromatic carbocycles. The Balaban J connectivity index is 1.55. The second kappa shape index (κ2) is 8.64. The van der Waals surface area contributed by atoms with Gasteiger partial charge >= 0.3 is 6.18 Å². The molecule has 0 saturated carbocycles. The fourth-order valence-corrected chi connectivity index (χ4v) is 4.28. The molecule has 32 heavy (non-hydrogen) atoms. The number of carbonyl (C=O) groups is 3. The molecule has 0 spiro atoms. The molecule has 4 rings (SSSR count). The predicted octanol–water partition coefficient (Wildman–Crippen LogP) is 3.36. The molecule has 1 unspecified atom stereocenters. The maximum Gasteiger partial charge on any atom is 0.416 e. The average molecular weight is 445 g/mol. The fourth-order valence-electron chi connectivity index (χ4n) is 4.28. The minimum atomic E-state index is -4.54. The fraction of sp³-hybridized carbons (Fsp3) is 0.348. The van der Waals surface area contributed by atoms with Crippen LogP contribution in [0.25, 0.3) is 0 Å². The Kier molecular flexibility index (Phi) is 5.90. The third-order valence-corrected chi connectivity index (χ3v) is 5.84. The lowest BCUT2D eigenvalue weighted by Crippen LogP contribution is -2.52. The SMILES string of the molecule is O=C(CN1C(=O)C2CCCCN2C(=O)c2ccccc21)NCc1ccccc1C(F)(F)F. The topological polar surface area (TPSA) is 69.7 Å². The molecule has 0 aliphatic carbocycles. The van der Waals surface area contributed by atoms with Gasteiger partial charge < -0.3 is 15.1 Å². The van der Waals surface area contributed by atoms with E-state index >= 15 is 0 Å². The number of hydrogen-bond donors (Lipinski definition) is 1. The van der Waals surface area contributed by atoms with Crippen LogP contribution in [0.1, 0.15) is 40.7 Å². The molecule has 1 atom stereocenters. The summed E-state index contributed by atoms with van der Waals surface area (Å²) in [5.41, 5.74) is -0.215.